The number of halogens is 2. The highest BCUT2D eigenvalue weighted by Gasteiger charge is 2.10. The summed E-state index contributed by atoms with van der Waals surface area (Å²) in [7, 11) is 0. The number of hydrogen-bond donors (Lipinski definition) is 1. The van der Waals surface area contributed by atoms with E-state index in [2.05, 4.69) is 15.6 Å². The molecule has 0 saturated carbocycles. The summed E-state index contributed by atoms with van der Waals surface area (Å²) >= 11 is 6.05. The van der Waals surface area contributed by atoms with E-state index < -0.39 is 0 Å². The fraction of sp³-hybridized carbons (Fsp3) is 0.333. The van der Waals surface area contributed by atoms with Gasteiger partial charge in [-0.2, -0.15) is 0 Å². The molecule has 2 rings (SSSR count). The second kappa shape index (κ2) is 5.46. The van der Waals surface area contributed by atoms with Crippen molar-refractivity contribution in [3.8, 4) is 5.69 Å². The number of nitrogens with zero attached hydrogens (tertiary/aromatic N) is 3. The SMILES string of the molecule is CC(C)NCc1cnnn1-c1cc(F)ccc1Cl. The quantitative estimate of drug-likeness (QED) is 0.927. The standard InChI is InChI=1S/C12H14ClFN4/c1-8(2)15-6-10-7-16-17-18(10)12-5-9(14)3-4-11(12)13/h3-5,7-8,15H,6H2,1-2H3. The van der Waals surface area contributed by atoms with Crippen LogP contribution in [0.3, 0.4) is 0 Å². The van der Waals surface area contributed by atoms with Gasteiger partial charge in [0.1, 0.15) is 5.82 Å². The fourth-order valence-corrected chi connectivity index (χ4v) is 1.73. The Labute approximate surface area is 110 Å². The zero-order chi connectivity index (χ0) is 13.1. The lowest BCUT2D eigenvalue weighted by Crippen LogP contribution is -2.23. The molecule has 96 valence electrons. The molecule has 0 saturated heterocycles. The summed E-state index contributed by atoms with van der Waals surface area (Å²) in [4.78, 5) is 0. The first-order valence-corrected chi connectivity index (χ1v) is 6.04. The van der Waals surface area contributed by atoms with Gasteiger partial charge < -0.3 is 5.32 Å². The molecule has 0 bridgehead atoms. The molecule has 1 aromatic carbocycles. The Hall–Kier alpha value is -1.46. The van der Waals surface area contributed by atoms with E-state index >= 15 is 0 Å². The first-order chi connectivity index (χ1) is 8.58. The predicted octanol–water partition coefficient (Wildman–Crippen LogP) is 2.56. The van der Waals surface area contributed by atoms with Crippen LogP contribution in [0.25, 0.3) is 5.69 Å². The van der Waals surface area contributed by atoms with Gasteiger partial charge in [0.05, 0.1) is 22.6 Å². The summed E-state index contributed by atoms with van der Waals surface area (Å²) in [5, 5.41) is 11.5. The van der Waals surface area contributed by atoms with Gasteiger partial charge >= 0.3 is 0 Å². The summed E-state index contributed by atoms with van der Waals surface area (Å²) in [5.74, 6) is -0.354. The molecule has 18 heavy (non-hydrogen) atoms. The van der Waals surface area contributed by atoms with E-state index in [1.165, 1.54) is 18.2 Å². The van der Waals surface area contributed by atoms with Crippen LogP contribution < -0.4 is 5.32 Å². The summed E-state index contributed by atoms with van der Waals surface area (Å²) in [6.07, 6.45) is 1.64. The molecule has 0 unspecified atom stereocenters. The first kappa shape index (κ1) is 13.0. The molecule has 0 atom stereocenters. The molecule has 6 heteroatoms. The molecule has 0 radical (unpaired) electrons. The molecule has 0 aliphatic rings. The molecule has 1 aromatic heterocycles. The lowest BCUT2D eigenvalue weighted by molar-refractivity contribution is 0.569. The summed E-state index contributed by atoms with van der Waals surface area (Å²) in [6, 6.07) is 4.51. The average Bonchev–Trinajstić information content (AvgIpc) is 2.77. The van der Waals surface area contributed by atoms with E-state index in [1.807, 2.05) is 13.8 Å². The lowest BCUT2D eigenvalue weighted by Gasteiger charge is -2.10. The number of nitrogens with one attached hydrogen (secondary N) is 1. The van der Waals surface area contributed by atoms with Crippen molar-refractivity contribution in [1.29, 1.82) is 0 Å². The molecule has 1 heterocycles. The van der Waals surface area contributed by atoms with Gasteiger partial charge in [0.15, 0.2) is 0 Å². The van der Waals surface area contributed by atoms with Crippen molar-refractivity contribution >= 4 is 11.6 Å². The molecule has 0 amide bonds. The van der Waals surface area contributed by atoms with Gasteiger partial charge in [-0.15, -0.1) is 5.10 Å². The number of benzene rings is 1. The highest BCUT2D eigenvalue weighted by molar-refractivity contribution is 6.32. The number of hydrogen-bond acceptors (Lipinski definition) is 3. The van der Waals surface area contributed by atoms with Gasteiger partial charge in [0, 0.05) is 18.7 Å². The van der Waals surface area contributed by atoms with E-state index in [9.17, 15) is 4.39 Å². The van der Waals surface area contributed by atoms with Crippen molar-refractivity contribution < 1.29 is 4.39 Å². The normalized spacial score (nSPS) is 11.2. The van der Waals surface area contributed by atoms with E-state index in [0.29, 0.717) is 23.3 Å². The van der Waals surface area contributed by atoms with Gasteiger partial charge in [-0.1, -0.05) is 30.7 Å². The molecule has 1 N–H and O–H groups in total. The monoisotopic (exact) mass is 268 g/mol. The molecule has 0 fully saturated rings. The third kappa shape index (κ3) is 2.86. The van der Waals surface area contributed by atoms with Crippen molar-refractivity contribution in [2.45, 2.75) is 26.4 Å². The summed E-state index contributed by atoms with van der Waals surface area (Å²) in [6.45, 7) is 4.68. The fourth-order valence-electron chi connectivity index (χ4n) is 1.54. The van der Waals surface area contributed by atoms with E-state index in [1.54, 1.807) is 10.9 Å². The minimum atomic E-state index is -0.354. The molecule has 0 aliphatic carbocycles. The molecule has 0 aliphatic heterocycles. The maximum atomic E-state index is 13.2. The Morgan fingerprint density at radius 3 is 2.94 bits per heavy atom. The molecule has 0 spiro atoms. The Bertz CT molecular complexity index is 539. The average molecular weight is 269 g/mol. The summed E-state index contributed by atoms with van der Waals surface area (Å²) < 4.78 is 14.8. The van der Waals surface area contributed by atoms with Gasteiger partial charge in [-0.3, -0.25) is 0 Å². The van der Waals surface area contributed by atoms with Gasteiger partial charge in [0.2, 0.25) is 0 Å². The van der Waals surface area contributed by atoms with Crippen LogP contribution in [0.15, 0.2) is 24.4 Å². The Kier molecular flexibility index (Phi) is 3.93. The van der Waals surface area contributed by atoms with Crippen LogP contribution in [0.5, 0.6) is 0 Å². The minimum absolute atomic E-state index is 0.344. The van der Waals surface area contributed by atoms with Crippen LogP contribution in [-0.2, 0) is 6.54 Å². The van der Waals surface area contributed by atoms with E-state index in [-0.39, 0.29) is 5.82 Å². The van der Waals surface area contributed by atoms with Crippen LogP contribution in [0.4, 0.5) is 4.39 Å². The maximum absolute atomic E-state index is 13.2. The van der Waals surface area contributed by atoms with Crippen molar-refractivity contribution in [2.75, 3.05) is 0 Å². The Morgan fingerprint density at radius 2 is 2.22 bits per heavy atom. The zero-order valence-corrected chi connectivity index (χ0v) is 10.9. The first-order valence-electron chi connectivity index (χ1n) is 5.66. The van der Waals surface area contributed by atoms with E-state index in [4.69, 9.17) is 11.6 Å². The Balaban J connectivity index is 2.33. The molecular weight excluding hydrogens is 255 g/mol. The Morgan fingerprint density at radius 1 is 1.44 bits per heavy atom. The van der Waals surface area contributed by atoms with Crippen molar-refractivity contribution in [1.82, 2.24) is 20.3 Å². The second-order valence-corrected chi connectivity index (χ2v) is 4.68. The molecule has 4 nitrogen and oxygen atoms in total. The highest BCUT2D eigenvalue weighted by atomic mass is 35.5. The van der Waals surface area contributed by atoms with Gasteiger partial charge in [-0.25, -0.2) is 9.07 Å². The molecule has 2 aromatic rings. The number of aromatic nitrogens is 3. The van der Waals surface area contributed by atoms with Gasteiger partial charge in [-0.05, 0) is 12.1 Å². The predicted molar refractivity (Wildman–Crippen MR) is 68.3 cm³/mol. The van der Waals surface area contributed by atoms with Crippen LogP contribution in [-0.4, -0.2) is 21.0 Å². The van der Waals surface area contributed by atoms with Crippen molar-refractivity contribution in [3.05, 3.63) is 40.9 Å². The third-order valence-electron chi connectivity index (χ3n) is 2.45. The lowest BCUT2D eigenvalue weighted by atomic mass is 10.3. The zero-order valence-electron chi connectivity index (χ0n) is 10.2. The highest BCUT2D eigenvalue weighted by Crippen LogP contribution is 2.21. The van der Waals surface area contributed by atoms with E-state index in [0.717, 1.165) is 5.69 Å². The van der Waals surface area contributed by atoms with Crippen LogP contribution in [0.2, 0.25) is 5.02 Å². The third-order valence-corrected chi connectivity index (χ3v) is 2.77. The van der Waals surface area contributed by atoms with Crippen LogP contribution in [0, 0.1) is 5.82 Å². The topological polar surface area (TPSA) is 42.7 Å². The molecular formula is C12H14ClFN4. The van der Waals surface area contributed by atoms with Crippen molar-refractivity contribution in [3.63, 3.8) is 0 Å². The smallest absolute Gasteiger partial charge is 0.125 e. The second-order valence-electron chi connectivity index (χ2n) is 4.27. The largest absolute Gasteiger partial charge is 0.309 e. The van der Waals surface area contributed by atoms with Crippen LogP contribution >= 0.6 is 11.6 Å². The number of rotatable bonds is 4. The van der Waals surface area contributed by atoms with Crippen molar-refractivity contribution in [2.24, 2.45) is 0 Å². The maximum Gasteiger partial charge on any atom is 0.125 e. The minimum Gasteiger partial charge on any atom is -0.309 e. The summed E-state index contributed by atoms with van der Waals surface area (Å²) in [5.41, 5.74) is 1.32. The van der Waals surface area contributed by atoms with Gasteiger partial charge in [0.25, 0.3) is 0 Å². The van der Waals surface area contributed by atoms with Crippen LogP contribution in [0.1, 0.15) is 19.5 Å².